The third-order valence-corrected chi connectivity index (χ3v) is 7.13. The molecule has 2 heterocycles. The van der Waals surface area contributed by atoms with E-state index in [4.69, 9.17) is 9.47 Å². The summed E-state index contributed by atoms with van der Waals surface area (Å²) in [4.78, 5) is 25.7. The SMILES string of the molecule is COCC1CC(=O)NC2CC(NC(=O)C3(c4ccccc4)CCOCC3)CCC12. The molecular weight excluding hydrogens is 368 g/mol. The average Bonchev–Trinajstić information content (AvgIpc) is 2.74. The van der Waals surface area contributed by atoms with E-state index in [9.17, 15) is 9.59 Å². The van der Waals surface area contributed by atoms with Crippen molar-refractivity contribution in [2.45, 2.75) is 56.0 Å². The summed E-state index contributed by atoms with van der Waals surface area (Å²) in [5, 5.41) is 6.51. The van der Waals surface area contributed by atoms with Crippen molar-refractivity contribution < 1.29 is 19.1 Å². The van der Waals surface area contributed by atoms with Gasteiger partial charge < -0.3 is 20.1 Å². The summed E-state index contributed by atoms with van der Waals surface area (Å²) < 4.78 is 10.9. The van der Waals surface area contributed by atoms with Crippen LogP contribution in [-0.2, 0) is 24.5 Å². The van der Waals surface area contributed by atoms with Gasteiger partial charge in [-0.05, 0) is 49.5 Å². The third kappa shape index (κ3) is 4.19. The molecule has 1 aromatic rings. The Hall–Kier alpha value is -1.92. The molecule has 29 heavy (non-hydrogen) atoms. The Bertz CT molecular complexity index is 717. The summed E-state index contributed by atoms with van der Waals surface area (Å²) >= 11 is 0. The third-order valence-electron chi connectivity index (χ3n) is 7.13. The van der Waals surface area contributed by atoms with Gasteiger partial charge in [-0.3, -0.25) is 9.59 Å². The van der Waals surface area contributed by atoms with E-state index in [1.807, 2.05) is 18.2 Å². The van der Waals surface area contributed by atoms with Crippen molar-refractivity contribution in [2.75, 3.05) is 26.9 Å². The van der Waals surface area contributed by atoms with E-state index in [1.165, 1.54) is 0 Å². The van der Waals surface area contributed by atoms with Crippen LogP contribution >= 0.6 is 0 Å². The number of carbonyl (C=O) groups is 2. The summed E-state index contributed by atoms with van der Waals surface area (Å²) in [6.45, 7) is 1.83. The Morgan fingerprint density at radius 2 is 2.00 bits per heavy atom. The van der Waals surface area contributed by atoms with Gasteiger partial charge in [-0.2, -0.15) is 0 Å². The first-order valence-corrected chi connectivity index (χ1v) is 10.8. The largest absolute Gasteiger partial charge is 0.384 e. The zero-order valence-electron chi connectivity index (χ0n) is 17.2. The van der Waals surface area contributed by atoms with E-state index >= 15 is 0 Å². The number of hydrogen-bond acceptors (Lipinski definition) is 4. The standard InChI is InChI=1S/C23H32N2O4/c1-28-15-16-13-21(26)25-20-14-18(7-8-19(16)20)24-22(27)23(9-11-29-12-10-23)17-5-3-2-4-6-17/h2-6,16,18-20H,7-15H2,1H3,(H,24,27)(H,25,26). The van der Waals surface area contributed by atoms with E-state index in [0.717, 1.165) is 24.8 Å². The van der Waals surface area contributed by atoms with Crippen LogP contribution in [0.5, 0.6) is 0 Å². The lowest BCUT2D eigenvalue weighted by atomic mass is 9.70. The van der Waals surface area contributed by atoms with Gasteiger partial charge in [-0.25, -0.2) is 0 Å². The van der Waals surface area contributed by atoms with Crippen molar-refractivity contribution in [3.63, 3.8) is 0 Å². The van der Waals surface area contributed by atoms with Gasteiger partial charge in [0.15, 0.2) is 0 Å². The van der Waals surface area contributed by atoms with Gasteiger partial charge in [-0.1, -0.05) is 30.3 Å². The van der Waals surface area contributed by atoms with Crippen molar-refractivity contribution >= 4 is 11.8 Å². The minimum Gasteiger partial charge on any atom is -0.384 e. The lowest BCUT2D eigenvalue weighted by molar-refractivity contribution is -0.132. The van der Waals surface area contributed by atoms with E-state index < -0.39 is 5.41 Å². The molecular formula is C23H32N2O4. The Kier molecular flexibility index (Phi) is 6.20. The van der Waals surface area contributed by atoms with Crippen LogP contribution in [0.4, 0.5) is 0 Å². The van der Waals surface area contributed by atoms with Crippen LogP contribution in [0.2, 0.25) is 0 Å². The van der Waals surface area contributed by atoms with E-state index in [0.29, 0.717) is 45.0 Å². The normalized spacial score (nSPS) is 31.4. The molecule has 2 amide bonds. The fourth-order valence-electron chi connectivity index (χ4n) is 5.55. The number of ether oxygens (including phenoxy) is 2. The number of amides is 2. The van der Waals surface area contributed by atoms with Crippen molar-refractivity contribution in [1.29, 1.82) is 0 Å². The fourth-order valence-corrected chi connectivity index (χ4v) is 5.55. The van der Waals surface area contributed by atoms with Crippen LogP contribution < -0.4 is 10.6 Å². The van der Waals surface area contributed by atoms with Gasteiger partial charge in [-0.15, -0.1) is 0 Å². The molecule has 3 aliphatic rings. The summed E-state index contributed by atoms with van der Waals surface area (Å²) in [5.41, 5.74) is 0.547. The monoisotopic (exact) mass is 400 g/mol. The minimum atomic E-state index is -0.523. The van der Waals surface area contributed by atoms with Gasteiger partial charge in [0.25, 0.3) is 0 Å². The molecule has 6 heteroatoms. The van der Waals surface area contributed by atoms with Crippen LogP contribution in [0.1, 0.15) is 44.1 Å². The number of rotatable bonds is 5. The zero-order chi connectivity index (χ0) is 20.3. The molecule has 0 aromatic heterocycles. The molecule has 6 nitrogen and oxygen atoms in total. The van der Waals surface area contributed by atoms with Gasteiger partial charge in [0.05, 0.1) is 5.41 Å². The molecule has 1 aromatic carbocycles. The van der Waals surface area contributed by atoms with Crippen molar-refractivity contribution in [3.8, 4) is 0 Å². The topological polar surface area (TPSA) is 76.7 Å². The molecule has 1 aliphatic carbocycles. The van der Waals surface area contributed by atoms with Crippen molar-refractivity contribution in [2.24, 2.45) is 11.8 Å². The minimum absolute atomic E-state index is 0.0915. The maximum Gasteiger partial charge on any atom is 0.231 e. The van der Waals surface area contributed by atoms with Crippen LogP contribution in [-0.4, -0.2) is 50.8 Å². The highest BCUT2D eigenvalue weighted by Crippen LogP contribution is 2.38. The Morgan fingerprint density at radius 3 is 2.72 bits per heavy atom. The number of nitrogens with one attached hydrogen (secondary N) is 2. The van der Waals surface area contributed by atoms with Crippen LogP contribution in [0.25, 0.3) is 0 Å². The first kappa shape index (κ1) is 20.4. The van der Waals surface area contributed by atoms with Crippen molar-refractivity contribution in [3.05, 3.63) is 35.9 Å². The smallest absolute Gasteiger partial charge is 0.231 e. The van der Waals surface area contributed by atoms with Gasteiger partial charge in [0.2, 0.25) is 11.8 Å². The molecule has 3 fully saturated rings. The molecule has 4 atom stereocenters. The second kappa shape index (κ2) is 8.84. The highest BCUT2D eigenvalue weighted by atomic mass is 16.5. The molecule has 2 N–H and O–H groups in total. The molecule has 2 aliphatic heterocycles. The van der Waals surface area contributed by atoms with Crippen LogP contribution in [0.3, 0.4) is 0 Å². The molecule has 0 radical (unpaired) electrons. The molecule has 4 rings (SSSR count). The van der Waals surface area contributed by atoms with Gasteiger partial charge in [0.1, 0.15) is 0 Å². The quantitative estimate of drug-likeness (QED) is 0.794. The summed E-state index contributed by atoms with van der Waals surface area (Å²) in [6.07, 6.45) is 4.70. The summed E-state index contributed by atoms with van der Waals surface area (Å²) in [6, 6.07) is 10.3. The lowest BCUT2D eigenvalue weighted by Crippen LogP contribution is -2.58. The highest BCUT2D eigenvalue weighted by molar-refractivity contribution is 5.88. The zero-order valence-corrected chi connectivity index (χ0v) is 17.2. The van der Waals surface area contributed by atoms with E-state index in [2.05, 4.69) is 22.8 Å². The number of piperidine rings is 1. The summed E-state index contributed by atoms with van der Waals surface area (Å²) in [7, 11) is 1.70. The predicted molar refractivity (Wildman–Crippen MR) is 109 cm³/mol. The number of hydrogen-bond donors (Lipinski definition) is 2. The first-order valence-electron chi connectivity index (χ1n) is 10.8. The molecule has 1 saturated carbocycles. The van der Waals surface area contributed by atoms with Gasteiger partial charge >= 0.3 is 0 Å². The van der Waals surface area contributed by atoms with Crippen LogP contribution in [0.15, 0.2) is 30.3 Å². The van der Waals surface area contributed by atoms with Crippen molar-refractivity contribution in [1.82, 2.24) is 10.6 Å². The summed E-state index contributed by atoms with van der Waals surface area (Å²) in [5.74, 6) is 0.921. The number of fused-ring (bicyclic) bond motifs is 1. The first-order chi connectivity index (χ1) is 14.1. The second-order valence-corrected chi connectivity index (χ2v) is 8.80. The molecule has 0 spiro atoms. The predicted octanol–water partition coefficient (Wildman–Crippen LogP) is 2.17. The van der Waals surface area contributed by atoms with Crippen LogP contribution in [0, 0.1) is 11.8 Å². The average molecular weight is 401 g/mol. The maximum absolute atomic E-state index is 13.5. The Balaban J connectivity index is 1.46. The lowest BCUT2D eigenvalue weighted by Gasteiger charge is -2.45. The molecule has 158 valence electrons. The Labute approximate surface area is 172 Å². The second-order valence-electron chi connectivity index (χ2n) is 8.80. The Morgan fingerprint density at radius 1 is 1.24 bits per heavy atom. The van der Waals surface area contributed by atoms with E-state index in [-0.39, 0.29) is 29.8 Å². The molecule has 2 saturated heterocycles. The number of carbonyl (C=O) groups excluding carboxylic acids is 2. The highest BCUT2D eigenvalue weighted by Gasteiger charge is 2.45. The number of benzene rings is 1. The molecule has 4 unspecified atom stereocenters. The number of methoxy groups -OCH3 is 1. The fraction of sp³-hybridized carbons (Fsp3) is 0.652. The van der Waals surface area contributed by atoms with E-state index in [1.54, 1.807) is 7.11 Å². The van der Waals surface area contributed by atoms with Gasteiger partial charge in [0, 0.05) is 45.4 Å². The molecule has 0 bridgehead atoms. The maximum atomic E-state index is 13.5.